The van der Waals surface area contributed by atoms with E-state index in [2.05, 4.69) is 9.97 Å². The summed E-state index contributed by atoms with van der Waals surface area (Å²) in [5.74, 6) is -0.551. The molecule has 0 amide bonds. The van der Waals surface area contributed by atoms with Crippen molar-refractivity contribution < 1.29 is 19.7 Å². The van der Waals surface area contributed by atoms with Crippen LogP contribution in [0.1, 0.15) is 21.6 Å². The van der Waals surface area contributed by atoms with Gasteiger partial charge in [-0.3, -0.25) is 0 Å². The van der Waals surface area contributed by atoms with Crippen molar-refractivity contribution in [1.29, 1.82) is 0 Å². The Morgan fingerprint density at radius 3 is 2.95 bits per heavy atom. The predicted molar refractivity (Wildman–Crippen MR) is 65.7 cm³/mol. The van der Waals surface area contributed by atoms with E-state index in [1.807, 2.05) is 0 Å². The zero-order valence-corrected chi connectivity index (χ0v) is 9.98. The van der Waals surface area contributed by atoms with Crippen LogP contribution in [0.2, 0.25) is 0 Å². The zero-order valence-electron chi connectivity index (χ0n) is 9.98. The van der Waals surface area contributed by atoms with Crippen molar-refractivity contribution in [3.63, 3.8) is 0 Å². The van der Waals surface area contributed by atoms with E-state index in [-0.39, 0.29) is 18.8 Å². The molecule has 0 saturated carbocycles. The molecule has 0 aliphatic carbocycles. The second kappa shape index (κ2) is 5.92. The van der Waals surface area contributed by atoms with Gasteiger partial charge in [0.1, 0.15) is 24.2 Å². The van der Waals surface area contributed by atoms with Crippen molar-refractivity contribution in [3.8, 4) is 5.75 Å². The van der Waals surface area contributed by atoms with Gasteiger partial charge in [0, 0.05) is 6.20 Å². The minimum absolute atomic E-state index is 0.0146. The highest BCUT2D eigenvalue weighted by Gasteiger charge is 2.11. The van der Waals surface area contributed by atoms with Gasteiger partial charge < -0.3 is 14.9 Å². The van der Waals surface area contributed by atoms with E-state index in [4.69, 9.17) is 14.9 Å². The van der Waals surface area contributed by atoms with Crippen molar-refractivity contribution in [2.75, 3.05) is 0 Å². The maximum absolute atomic E-state index is 11.0. The summed E-state index contributed by atoms with van der Waals surface area (Å²) < 4.78 is 5.46. The Morgan fingerprint density at radius 2 is 2.21 bits per heavy atom. The smallest absolute Gasteiger partial charge is 0.339 e. The minimum atomic E-state index is -1.09. The molecule has 1 aromatic heterocycles. The molecule has 0 fully saturated rings. The summed E-state index contributed by atoms with van der Waals surface area (Å²) in [5, 5.41) is 18.0. The van der Waals surface area contributed by atoms with Gasteiger partial charge >= 0.3 is 5.97 Å². The molecular formula is C13H12N2O4. The van der Waals surface area contributed by atoms with E-state index in [0.29, 0.717) is 11.4 Å². The minimum Gasteiger partial charge on any atom is -0.487 e. The number of carbonyl (C=O) groups is 1. The number of aromatic carboxylic acids is 1. The molecule has 0 bridgehead atoms. The molecule has 0 unspecified atom stereocenters. The van der Waals surface area contributed by atoms with E-state index < -0.39 is 5.97 Å². The highest BCUT2D eigenvalue weighted by molar-refractivity contribution is 5.88. The van der Waals surface area contributed by atoms with Crippen molar-refractivity contribution in [2.24, 2.45) is 0 Å². The van der Waals surface area contributed by atoms with E-state index in [1.165, 1.54) is 12.5 Å². The van der Waals surface area contributed by atoms with Crippen molar-refractivity contribution in [3.05, 3.63) is 53.6 Å². The van der Waals surface area contributed by atoms with Crippen LogP contribution in [0.25, 0.3) is 0 Å². The molecule has 19 heavy (non-hydrogen) atoms. The normalized spacial score (nSPS) is 10.2. The Bertz CT molecular complexity index is 586. The summed E-state index contributed by atoms with van der Waals surface area (Å²) in [6, 6.07) is 6.92. The van der Waals surface area contributed by atoms with Crippen molar-refractivity contribution in [1.82, 2.24) is 9.97 Å². The molecule has 2 rings (SSSR count). The molecular weight excluding hydrogens is 248 g/mol. The lowest BCUT2D eigenvalue weighted by Crippen LogP contribution is -2.08. The molecule has 2 N–H and O–H groups in total. The number of carboxylic acids is 1. The third-order valence-electron chi connectivity index (χ3n) is 2.48. The SMILES string of the molecule is O=C(O)c1cncnc1COc1cccc(CO)c1. The summed E-state index contributed by atoms with van der Waals surface area (Å²) in [6.45, 7) is -0.0515. The van der Waals surface area contributed by atoms with Gasteiger partial charge in [-0.1, -0.05) is 12.1 Å². The number of aromatic nitrogens is 2. The van der Waals surface area contributed by atoms with Crippen LogP contribution in [-0.2, 0) is 13.2 Å². The van der Waals surface area contributed by atoms with E-state index in [0.717, 1.165) is 5.56 Å². The third kappa shape index (κ3) is 3.26. The fraction of sp³-hybridized carbons (Fsp3) is 0.154. The highest BCUT2D eigenvalue weighted by atomic mass is 16.5. The second-order valence-corrected chi connectivity index (χ2v) is 3.78. The molecule has 0 atom stereocenters. The maximum Gasteiger partial charge on any atom is 0.339 e. The highest BCUT2D eigenvalue weighted by Crippen LogP contribution is 2.15. The summed E-state index contributed by atoms with van der Waals surface area (Å²) in [6.07, 6.45) is 2.51. The lowest BCUT2D eigenvalue weighted by Gasteiger charge is -2.08. The van der Waals surface area contributed by atoms with E-state index >= 15 is 0 Å². The van der Waals surface area contributed by atoms with E-state index in [1.54, 1.807) is 24.3 Å². The van der Waals surface area contributed by atoms with Gasteiger partial charge in [-0.25, -0.2) is 14.8 Å². The molecule has 6 nitrogen and oxygen atoms in total. The Balaban J connectivity index is 2.12. The number of aliphatic hydroxyl groups is 1. The molecule has 2 aromatic rings. The fourth-order valence-corrected chi connectivity index (χ4v) is 1.53. The quantitative estimate of drug-likeness (QED) is 0.840. The number of nitrogens with zero attached hydrogens (tertiary/aromatic N) is 2. The number of hydrogen-bond acceptors (Lipinski definition) is 5. The lowest BCUT2D eigenvalue weighted by molar-refractivity contribution is 0.0692. The van der Waals surface area contributed by atoms with Crippen LogP contribution in [0, 0.1) is 0 Å². The third-order valence-corrected chi connectivity index (χ3v) is 2.48. The van der Waals surface area contributed by atoms with Crippen LogP contribution < -0.4 is 4.74 Å². The Kier molecular flexibility index (Phi) is 4.04. The average Bonchev–Trinajstić information content (AvgIpc) is 2.45. The molecule has 0 spiro atoms. The average molecular weight is 260 g/mol. The van der Waals surface area contributed by atoms with Crippen LogP contribution in [0.15, 0.2) is 36.8 Å². The molecule has 1 aromatic carbocycles. The van der Waals surface area contributed by atoms with Gasteiger partial charge in [0.25, 0.3) is 0 Å². The first-order chi connectivity index (χ1) is 9.20. The van der Waals surface area contributed by atoms with Gasteiger partial charge in [-0.15, -0.1) is 0 Å². The molecule has 1 heterocycles. The number of hydrogen-bond donors (Lipinski definition) is 2. The number of carboxylic acid groups (broad SMARTS) is 1. The number of ether oxygens (including phenoxy) is 1. The first-order valence-electron chi connectivity index (χ1n) is 5.55. The Hall–Kier alpha value is -2.47. The molecule has 98 valence electrons. The van der Waals surface area contributed by atoms with Crippen LogP contribution in [-0.4, -0.2) is 26.2 Å². The largest absolute Gasteiger partial charge is 0.487 e. The van der Waals surface area contributed by atoms with Gasteiger partial charge in [0.05, 0.1) is 12.3 Å². The second-order valence-electron chi connectivity index (χ2n) is 3.78. The predicted octanol–water partition coefficient (Wildman–Crippen LogP) is 1.25. The number of rotatable bonds is 5. The molecule has 0 aliphatic rings. The van der Waals surface area contributed by atoms with Gasteiger partial charge in [-0.2, -0.15) is 0 Å². The lowest BCUT2D eigenvalue weighted by atomic mass is 10.2. The van der Waals surface area contributed by atoms with Crippen LogP contribution >= 0.6 is 0 Å². The summed E-state index contributed by atoms with van der Waals surface area (Å²) in [7, 11) is 0. The summed E-state index contributed by atoms with van der Waals surface area (Å²) in [5.41, 5.74) is 1.04. The van der Waals surface area contributed by atoms with Gasteiger partial charge in [-0.05, 0) is 17.7 Å². The standard InChI is InChI=1S/C13H12N2O4/c16-6-9-2-1-3-10(4-9)19-7-12-11(13(17)18)5-14-8-15-12/h1-5,8,16H,6-7H2,(H,17,18). The van der Waals surface area contributed by atoms with Gasteiger partial charge in [0.2, 0.25) is 0 Å². The Labute approximate surface area is 109 Å². The first kappa shape index (κ1) is 13.0. The fourth-order valence-electron chi connectivity index (χ4n) is 1.53. The van der Waals surface area contributed by atoms with Crippen LogP contribution in [0.4, 0.5) is 0 Å². The summed E-state index contributed by atoms with van der Waals surface area (Å²) >= 11 is 0. The zero-order chi connectivity index (χ0) is 13.7. The van der Waals surface area contributed by atoms with Crippen LogP contribution in [0.5, 0.6) is 5.75 Å². The number of aliphatic hydroxyl groups excluding tert-OH is 1. The van der Waals surface area contributed by atoms with E-state index in [9.17, 15) is 4.79 Å². The Morgan fingerprint density at radius 1 is 1.37 bits per heavy atom. The molecule has 0 radical (unpaired) electrons. The first-order valence-corrected chi connectivity index (χ1v) is 5.55. The molecule has 6 heteroatoms. The summed E-state index contributed by atoms with van der Waals surface area (Å²) in [4.78, 5) is 18.5. The molecule has 0 aliphatic heterocycles. The monoisotopic (exact) mass is 260 g/mol. The van der Waals surface area contributed by atoms with Gasteiger partial charge in [0.15, 0.2) is 0 Å². The van der Waals surface area contributed by atoms with Crippen molar-refractivity contribution in [2.45, 2.75) is 13.2 Å². The van der Waals surface area contributed by atoms with Crippen molar-refractivity contribution >= 4 is 5.97 Å². The topological polar surface area (TPSA) is 92.5 Å². The maximum atomic E-state index is 11.0. The number of benzene rings is 1. The molecule has 0 saturated heterocycles. The van der Waals surface area contributed by atoms with Crippen LogP contribution in [0.3, 0.4) is 0 Å².